The van der Waals surface area contributed by atoms with Gasteiger partial charge in [-0.1, -0.05) is 19.9 Å². The highest BCUT2D eigenvalue weighted by atomic mass is 17.3. The van der Waals surface area contributed by atoms with Crippen LogP contribution in [-0.4, -0.2) is 40.8 Å². The number of carbonyl (C=O) groups excluding carboxylic acids is 2. The lowest BCUT2D eigenvalue weighted by Gasteiger charge is -2.59. The van der Waals surface area contributed by atoms with Crippen molar-refractivity contribution in [2.24, 2.45) is 23.7 Å². The monoisotopic (exact) mass is 474 g/mol. The molecule has 9 heteroatoms. The van der Waals surface area contributed by atoms with Crippen molar-refractivity contribution in [2.45, 2.75) is 89.8 Å². The second kappa shape index (κ2) is 9.18. The number of hydrogen-bond donors (Lipinski definition) is 1. The molecule has 5 fully saturated rings. The lowest BCUT2D eigenvalue weighted by atomic mass is 9.58. The van der Waals surface area contributed by atoms with Gasteiger partial charge in [0, 0.05) is 43.6 Å². The van der Waals surface area contributed by atoms with Crippen molar-refractivity contribution >= 4 is 11.9 Å². The maximum atomic E-state index is 12.6. The molecule has 0 radical (unpaired) electrons. The average Bonchev–Trinajstić information content (AvgIpc) is 3.06. The lowest BCUT2D eigenvalue weighted by Crippen LogP contribution is -2.70. The standard InChI is InChI=1S/C25H34N2O7/c1-15-6-7-19-16(2)22(31-23-25(19)18(15)10-11-24(3,32-23)33-34-25)30-21(29)9-8-20(28)27-14-17-5-4-12-26-13-17/h4-5,12-13,15-16,18-19,22-23H,6-11,14H2,1-3H3,(H,27,28)/t15-,16-,18+,19-,22+,23-,24-,25-/m1/s1. The van der Waals surface area contributed by atoms with Crippen molar-refractivity contribution in [1.82, 2.24) is 10.3 Å². The van der Waals surface area contributed by atoms with Crippen LogP contribution in [0.5, 0.6) is 0 Å². The number of nitrogens with one attached hydrogen (secondary N) is 1. The Hall–Kier alpha value is -2.07. The molecule has 34 heavy (non-hydrogen) atoms. The van der Waals surface area contributed by atoms with Crippen LogP contribution in [0.3, 0.4) is 0 Å². The molecular weight excluding hydrogens is 440 g/mol. The Balaban J connectivity index is 1.20. The van der Waals surface area contributed by atoms with Crippen LogP contribution in [0.1, 0.15) is 64.9 Å². The number of ether oxygens (including phenoxy) is 3. The van der Waals surface area contributed by atoms with E-state index in [1.807, 2.05) is 26.0 Å². The maximum absolute atomic E-state index is 12.6. The highest BCUT2D eigenvalue weighted by Gasteiger charge is 2.69. The van der Waals surface area contributed by atoms with E-state index in [-0.39, 0.29) is 36.5 Å². The summed E-state index contributed by atoms with van der Waals surface area (Å²) in [6.45, 7) is 6.52. The van der Waals surface area contributed by atoms with Gasteiger partial charge in [-0.3, -0.25) is 14.6 Å². The fourth-order valence-electron chi connectivity index (χ4n) is 6.20. The summed E-state index contributed by atoms with van der Waals surface area (Å²) in [4.78, 5) is 40.7. The van der Waals surface area contributed by atoms with Gasteiger partial charge < -0.3 is 19.5 Å². The van der Waals surface area contributed by atoms with Gasteiger partial charge in [0.1, 0.15) is 0 Å². The topological polar surface area (TPSA) is 105 Å². The third-order valence-corrected chi connectivity index (χ3v) is 8.11. The van der Waals surface area contributed by atoms with E-state index in [0.29, 0.717) is 12.5 Å². The number of esters is 1. The van der Waals surface area contributed by atoms with E-state index < -0.39 is 29.9 Å². The summed E-state index contributed by atoms with van der Waals surface area (Å²) in [5.74, 6) is -0.856. The summed E-state index contributed by atoms with van der Waals surface area (Å²) in [6.07, 6.45) is 5.64. The smallest absolute Gasteiger partial charge is 0.308 e. The second-order valence-electron chi connectivity index (χ2n) is 10.4. The number of amides is 1. The van der Waals surface area contributed by atoms with Crippen LogP contribution in [-0.2, 0) is 40.1 Å². The molecule has 1 N–H and O–H groups in total. The predicted octanol–water partition coefficient (Wildman–Crippen LogP) is 3.23. The minimum Gasteiger partial charge on any atom is -0.435 e. The van der Waals surface area contributed by atoms with Crippen LogP contribution in [0.15, 0.2) is 24.5 Å². The molecule has 2 bridgehead atoms. The Bertz CT molecular complexity index is 914. The largest absolute Gasteiger partial charge is 0.435 e. The van der Waals surface area contributed by atoms with Crippen LogP contribution in [0, 0.1) is 23.7 Å². The maximum Gasteiger partial charge on any atom is 0.308 e. The summed E-state index contributed by atoms with van der Waals surface area (Å²) in [5.41, 5.74) is 0.205. The van der Waals surface area contributed by atoms with E-state index >= 15 is 0 Å². The van der Waals surface area contributed by atoms with Gasteiger partial charge in [-0.25, -0.2) is 9.78 Å². The Labute approximate surface area is 199 Å². The number of nitrogens with zero attached hydrogens (tertiary/aromatic N) is 1. The number of carbonyl (C=O) groups is 2. The van der Waals surface area contributed by atoms with E-state index in [1.54, 1.807) is 12.4 Å². The van der Waals surface area contributed by atoms with Crippen LogP contribution < -0.4 is 5.32 Å². The summed E-state index contributed by atoms with van der Waals surface area (Å²) in [6, 6.07) is 3.69. The first-order chi connectivity index (χ1) is 16.3. The number of fused-ring (bicyclic) bond motifs is 2. The highest BCUT2D eigenvalue weighted by Crippen LogP contribution is 2.60. The molecule has 0 unspecified atom stereocenters. The molecule has 5 heterocycles. The van der Waals surface area contributed by atoms with Crippen molar-refractivity contribution in [2.75, 3.05) is 0 Å². The Morgan fingerprint density at radius 1 is 1.18 bits per heavy atom. The van der Waals surface area contributed by atoms with E-state index in [2.05, 4.69) is 17.2 Å². The van der Waals surface area contributed by atoms with Gasteiger partial charge in [-0.15, -0.1) is 0 Å². The minimum atomic E-state index is -0.876. The molecule has 1 aromatic rings. The van der Waals surface area contributed by atoms with E-state index in [0.717, 1.165) is 31.2 Å². The molecule has 1 spiro atoms. The van der Waals surface area contributed by atoms with Gasteiger partial charge in [-0.2, -0.15) is 0 Å². The molecule has 4 aliphatic heterocycles. The van der Waals surface area contributed by atoms with Gasteiger partial charge in [-0.05, 0) is 49.7 Å². The zero-order valence-electron chi connectivity index (χ0n) is 20.0. The van der Waals surface area contributed by atoms with Crippen LogP contribution >= 0.6 is 0 Å². The number of aromatic nitrogens is 1. The molecule has 1 aliphatic carbocycles. The minimum absolute atomic E-state index is 0.0240. The van der Waals surface area contributed by atoms with E-state index in [1.165, 1.54) is 0 Å². The van der Waals surface area contributed by atoms with Gasteiger partial charge in [0.2, 0.25) is 18.0 Å². The SMILES string of the molecule is C[C@H]1[C@@H](OC(=O)CCC(=O)NCc2cccnc2)O[C@@H]2O[C@@]3(C)CC[C@H]4[C@H](C)CC[C@H]1[C@@]24OO3. The molecule has 1 aromatic heterocycles. The first-order valence-corrected chi connectivity index (χ1v) is 12.4. The zero-order valence-corrected chi connectivity index (χ0v) is 20.0. The number of rotatable bonds is 6. The van der Waals surface area contributed by atoms with E-state index in [9.17, 15) is 9.59 Å². The molecule has 1 saturated carbocycles. The third kappa shape index (κ3) is 4.23. The Morgan fingerprint density at radius 2 is 2.03 bits per heavy atom. The summed E-state index contributed by atoms with van der Waals surface area (Å²) in [5, 5.41) is 2.80. The van der Waals surface area contributed by atoms with Crippen molar-refractivity contribution in [3.63, 3.8) is 0 Å². The third-order valence-electron chi connectivity index (χ3n) is 8.11. The second-order valence-corrected chi connectivity index (χ2v) is 10.4. The highest BCUT2D eigenvalue weighted by molar-refractivity contribution is 5.81. The van der Waals surface area contributed by atoms with Crippen molar-refractivity contribution < 1.29 is 33.6 Å². The van der Waals surface area contributed by atoms with Crippen molar-refractivity contribution in [3.8, 4) is 0 Å². The molecule has 8 atom stereocenters. The first kappa shape index (κ1) is 23.7. The summed E-state index contributed by atoms with van der Waals surface area (Å²) in [7, 11) is 0. The Morgan fingerprint density at radius 3 is 2.82 bits per heavy atom. The van der Waals surface area contributed by atoms with Crippen molar-refractivity contribution in [3.05, 3.63) is 30.1 Å². The predicted molar refractivity (Wildman–Crippen MR) is 118 cm³/mol. The summed E-state index contributed by atoms with van der Waals surface area (Å²) < 4.78 is 18.3. The average molecular weight is 475 g/mol. The van der Waals surface area contributed by atoms with E-state index in [4.69, 9.17) is 24.0 Å². The molecule has 6 rings (SSSR count). The van der Waals surface area contributed by atoms with Crippen molar-refractivity contribution in [1.29, 1.82) is 0 Å². The van der Waals surface area contributed by atoms with Gasteiger partial charge in [0.05, 0.1) is 6.42 Å². The number of hydrogen-bond acceptors (Lipinski definition) is 8. The molecule has 4 saturated heterocycles. The molecule has 0 aromatic carbocycles. The molecule has 1 amide bonds. The van der Waals surface area contributed by atoms with Crippen LogP contribution in [0.2, 0.25) is 0 Å². The zero-order chi connectivity index (χ0) is 23.9. The fourth-order valence-corrected chi connectivity index (χ4v) is 6.20. The molecule has 186 valence electrons. The Kier molecular flexibility index (Phi) is 6.39. The first-order valence-electron chi connectivity index (χ1n) is 12.4. The fraction of sp³-hybridized carbons (Fsp3) is 0.720. The molecule has 5 aliphatic rings. The van der Waals surface area contributed by atoms with Gasteiger partial charge in [0.25, 0.3) is 0 Å². The number of pyridine rings is 1. The van der Waals surface area contributed by atoms with Gasteiger partial charge >= 0.3 is 5.97 Å². The van der Waals surface area contributed by atoms with Crippen LogP contribution in [0.25, 0.3) is 0 Å². The molecular formula is C25H34N2O7. The van der Waals surface area contributed by atoms with Gasteiger partial charge in [0.15, 0.2) is 11.9 Å². The lowest BCUT2D eigenvalue weighted by molar-refractivity contribution is -0.576. The summed E-state index contributed by atoms with van der Waals surface area (Å²) >= 11 is 0. The van der Waals surface area contributed by atoms with Crippen LogP contribution in [0.4, 0.5) is 0 Å². The quantitative estimate of drug-likeness (QED) is 0.495. The normalized spacial score (nSPS) is 40.7. The molecule has 9 nitrogen and oxygen atoms in total.